The fraction of sp³-hybridized carbons (Fsp3) is 0.158. The van der Waals surface area contributed by atoms with E-state index < -0.39 is 0 Å². The Bertz CT molecular complexity index is 880. The summed E-state index contributed by atoms with van der Waals surface area (Å²) < 4.78 is 23.5. The molecule has 1 aliphatic rings. The molecule has 0 radical (unpaired) electrons. The summed E-state index contributed by atoms with van der Waals surface area (Å²) in [7, 11) is 3.07. The molecule has 0 N–H and O–H groups in total. The number of nitrogens with zero attached hydrogens (tertiary/aromatic N) is 1. The summed E-state index contributed by atoms with van der Waals surface area (Å²) in [5, 5.41) is -0.363. The number of rotatable bonds is 5. The first-order valence-electron chi connectivity index (χ1n) is 7.73. The monoisotopic (exact) mass is 373 g/mol. The minimum atomic E-state index is -0.387. The van der Waals surface area contributed by atoms with Gasteiger partial charge in [0.15, 0.2) is 0 Å². The summed E-state index contributed by atoms with van der Waals surface area (Å²) in [5.74, 6) is 0.412. The molecule has 0 unspecified atom stereocenters. The van der Waals surface area contributed by atoms with Gasteiger partial charge in [0.05, 0.1) is 25.7 Å². The molecule has 134 valence electrons. The SMILES string of the molecule is COc1ccc(/C=C2/SC(=O)N(Cc3ccc(F)cc3)C2=O)c(OC)c1. The number of halogens is 1. The molecular weight excluding hydrogens is 357 g/mol. The van der Waals surface area contributed by atoms with Crippen LogP contribution in [0.15, 0.2) is 47.4 Å². The number of carbonyl (C=O) groups is 2. The van der Waals surface area contributed by atoms with Crippen LogP contribution in [0.5, 0.6) is 11.5 Å². The molecule has 2 aromatic rings. The van der Waals surface area contributed by atoms with E-state index in [1.807, 2.05) is 0 Å². The largest absolute Gasteiger partial charge is 0.497 e. The molecule has 2 aromatic carbocycles. The van der Waals surface area contributed by atoms with Crippen LogP contribution >= 0.6 is 11.8 Å². The summed E-state index contributed by atoms with van der Waals surface area (Å²) in [4.78, 5) is 26.2. The molecular formula is C19H16FNO4S. The van der Waals surface area contributed by atoms with Gasteiger partial charge in [-0.25, -0.2) is 4.39 Å². The number of thioether (sulfide) groups is 1. The van der Waals surface area contributed by atoms with Crippen molar-refractivity contribution in [3.8, 4) is 11.5 Å². The number of ether oxygens (including phenoxy) is 2. The molecule has 0 spiro atoms. The van der Waals surface area contributed by atoms with E-state index in [9.17, 15) is 14.0 Å². The van der Waals surface area contributed by atoms with Gasteiger partial charge in [0.2, 0.25) is 0 Å². The lowest BCUT2D eigenvalue weighted by atomic mass is 10.1. The van der Waals surface area contributed by atoms with Crippen LogP contribution in [0.25, 0.3) is 6.08 Å². The first-order chi connectivity index (χ1) is 12.5. The molecule has 0 atom stereocenters. The molecule has 1 aliphatic heterocycles. The van der Waals surface area contributed by atoms with E-state index in [4.69, 9.17) is 9.47 Å². The summed E-state index contributed by atoms with van der Waals surface area (Å²) in [6.07, 6.45) is 1.62. The number of hydrogen-bond donors (Lipinski definition) is 0. The van der Waals surface area contributed by atoms with E-state index in [2.05, 4.69) is 0 Å². The Morgan fingerprint density at radius 2 is 1.81 bits per heavy atom. The fourth-order valence-corrected chi connectivity index (χ4v) is 3.32. The normalized spacial score (nSPS) is 15.7. The molecule has 7 heteroatoms. The summed E-state index contributed by atoms with van der Waals surface area (Å²) in [6, 6.07) is 10.9. The minimum Gasteiger partial charge on any atom is -0.497 e. The fourth-order valence-electron chi connectivity index (χ4n) is 2.49. The van der Waals surface area contributed by atoms with Crippen LogP contribution < -0.4 is 9.47 Å². The van der Waals surface area contributed by atoms with Gasteiger partial charge in [-0.1, -0.05) is 12.1 Å². The lowest BCUT2D eigenvalue weighted by Gasteiger charge is -2.12. The zero-order chi connectivity index (χ0) is 18.7. The van der Waals surface area contributed by atoms with Crippen LogP contribution in [-0.4, -0.2) is 30.3 Å². The second-order valence-electron chi connectivity index (χ2n) is 5.50. The zero-order valence-electron chi connectivity index (χ0n) is 14.2. The number of imide groups is 1. The summed E-state index contributed by atoms with van der Waals surface area (Å²) in [5.41, 5.74) is 1.34. The Hall–Kier alpha value is -2.80. The quantitative estimate of drug-likeness (QED) is 0.739. The Labute approximate surface area is 154 Å². The van der Waals surface area contributed by atoms with Crippen molar-refractivity contribution in [2.75, 3.05) is 14.2 Å². The third-order valence-electron chi connectivity index (χ3n) is 3.85. The van der Waals surface area contributed by atoms with E-state index >= 15 is 0 Å². The van der Waals surface area contributed by atoms with Crippen molar-refractivity contribution in [3.05, 3.63) is 64.3 Å². The second kappa shape index (κ2) is 7.61. The lowest BCUT2D eigenvalue weighted by Crippen LogP contribution is -2.27. The van der Waals surface area contributed by atoms with Crippen LogP contribution in [-0.2, 0) is 11.3 Å². The molecule has 1 fully saturated rings. The topological polar surface area (TPSA) is 55.8 Å². The van der Waals surface area contributed by atoms with Crippen LogP contribution in [0.2, 0.25) is 0 Å². The average molecular weight is 373 g/mol. The lowest BCUT2D eigenvalue weighted by molar-refractivity contribution is -0.123. The van der Waals surface area contributed by atoms with Gasteiger partial charge in [-0.05, 0) is 47.7 Å². The molecule has 0 aliphatic carbocycles. The van der Waals surface area contributed by atoms with Crippen molar-refractivity contribution < 1.29 is 23.5 Å². The van der Waals surface area contributed by atoms with Crippen LogP contribution in [0.3, 0.4) is 0 Å². The molecule has 0 aromatic heterocycles. The van der Waals surface area contributed by atoms with E-state index in [1.165, 1.54) is 19.2 Å². The Morgan fingerprint density at radius 1 is 1.08 bits per heavy atom. The molecule has 0 saturated carbocycles. The average Bonchev–Trinajstić information content (AvgIpc) is 2.91. The van der Waals surface area contributed by atoms with Gasteiger partial charge in [0.25, 0.3) is 11.1 Å². The van der Waals surface area contributed by atoms with Crippen molar-refractivity contribution >= 4 is 29.0 Å². The number of hydrogen-bond acceptors (Lipinski definition) is 5. The number of carbonyl (C=O) groups excluding carboxylic acids is 2. The highest BCUT2D eigenvalue weighted by molar-refractivity contribution is 8.18. The maximum atomic E-state index is 13.0. The first-order valence-corrected chi connectivity index (χ1v) is 8.55. The van der Waals surface area contributed by atoms with E-state index in [0.717, 1.165) is 16.7 Å². The van der Waals surface area contributed by atoms with E-state index in [-0.39, 0.29) is 23.5 Å². The van der Waals surface area contributed by atoms with Gasteiger partial charge in [-0.15, -0.1) is 0 Å². The maximum absolute atomic E-state index is 13.0. The zero-order valence-corrected chi connectivity index (χ0v) is 15.0. The van der Waals surface area contributed by atoms with Crippen LogP contribution in [0.1, 0.15) is 11.1 Å². The Kier molecular flexibility index (Phi) is 5.27. The highest BCUT2D eigenvalue weighted by Gasteiger charge is 2.35. The summed E-state index contributed by atoms with van der Waals surface area (Å²) in [6.45, 7) is 0.0992. The van der Waals surface area contributed by atoms with Crippen LogP contribution in [0.4, 0.5) is 9.18 Å². The molecule has 3 rings (SSSR count). The third kappa shape index (κ3) is 3.72. The standard InChI is InChI=1S/C19H16FNO4S/c1-24-15-8-5-13(16(10-15)25-2)9-17-18(22)21(19(23)26-17)11-12-3-6-14(20)7-4-12/h3-10H,11H2,1-2H3/b17-9+. The summed E-state index contributed by atoms with van der Waals surface area (Å²) >= 11 is 0.866. The first kappa shape index (κ1) is 18.0. The van der Waals surface area contributed by atoms with E-state index in [1.54, 1.807) is 43.5 Å². The number of methoxy groups -OCH3 is 2. The Balaban J connectivity index is 1.84. The molecule has 0 bridgehead atoms. The van der Waals surface area contributed by atoms with Gasteiger partial charge < -0.3 is 9.47 Å². The maximum Gasteiger partial charge on any atom is 0.293 e. The van der Waals surface area contributed by atoms with Crippen molar-refractivity contribution in [2.24, 2.45) is 0 Å². The van der Waals surface area contributed by atoms with Crippen molar-refractivity contribution in [3.63, 3.8) is 0 Å². The predicted octanol–water partition coefficient (Wildman–Crippen LogP) is 4.08. The van der Waals surface area contributed by atoms with Crippen molar-refractivity contribution in [1.82, 2.24) is 4.90 Å². The highest BCUT2D eigenvalue weighted by Crippen LogP contribution is 2.35. The number of amides is 2. The van der Waals surface area contributed by atoms with E-state index in [0.29, 0.717) is 27.5 Å². The molecule has 1 saturated heterocycles. The van der Waals surface area contributed by atoms with Crippen LogP contribution in [0, 0.1) is 5.82 Å². The second-order valence-corrected chi connectivity index (χ2v) is 6.50. The van der Waals surface area contributed by atoms with Gasteiger partial charge >= 0.3 is 0 Å². The smallest absolute Gasteiger partial charge is 0.293 e. The Morgan fingerprint density at radius 3 is 2.46 bits per heavy atom. The van der Waals surface area contributed by atoms with Crippen molar-refractivity contribution in [2.45, 2.75) is 6.54 Å². The number of benzene rings is 2. The molecule has 5 nitrogen and oxygen atoms in total. The molecule has 2 amide bonds. The van der Waals surface area contributed by atoms with Gasteiger partial charge in [0, 0.05) is 11.6 Å². The van der Waals surface area contributed by atoms with Crippen molar-refractivity contribution in [1.29, 1.82) is 0 Å². The molecule has 1 heterocycles. The van der Waals surface area contributed by atoms with Gasteiger partial charge in [-0.2, -0.15) is 0 Å². The third-order valence-corrected chi connectivity index (χ3v) is 4.76. The highest BCUT2D eigenvalue weighted by atomic mass is 32.2. The predicted molar refractivity (Wildman–Crippen MR) is 97.5 cm³/mol. The minimum absolute atomic E-state index is 0.0992. The van der Waals surface area contributed by atoms with Gasteiger partial charge in [0.1, 0.15) is 17.3 Å². The molecule has 26 heavy (non-hydrogen) atoms. The van der Waals surface area contributed by atoms with Gasteiger partial charge in [-0.3, -0.25) is 14.5 Å².